The maximum atomic E-state index is 14.2. The molecule has 3 saturated heterocycles. The summed E-state index contributed by atoms with van der Waals surface area (Å²) in [5.74, 6) is -3.47. The molecule has 17 heteroatoms. The lowest BCUT2D eigenvalue weighted by atomic mass is 9.97. The smallest absolute Gasteiger partial charge is 0.246 e. The third-order valence-electron chi connectivity index (χ3n) is 10.2. The number of benzene rings is 2. The molecule has 3 fully saturated rings. The van der Waals surface area contributed by atoms with E-state index >= 15 is 0 Å². The number of nitrogens with one attached hydrogen (secondary N) is 5. The van der Waals surface area contributed by atoms with Crippen LogP contribution in [0, 0.1) is 0 Å². The summed E-state index contributed by atoms with van der Waals surface area (Å²) in [5, 5.41) is 21.7. The van der Waals surface area contributed by atoms with Gasteiger partial charge in [-0.2, -0.15) is 0 Å². The number of phenols is 1. The van der Waals surface area contributed by atoms with Gasteiger partial charge in [-0.25, -0.2) is 0 Å². The fourth-order valence-electron chi connectivity index (χ4n) is 7.22. The molecule has 3 aliphatic rings. The Kier molecular flexibility index (Phi) is 11.6. The molecule has 3 aromatic rings. The van der Waals surface area contributed by atoms with E-state index < -0.39 is 66.3 Å². The van der Waals surface area contributed by atoms with Crippen LogP contribution in [-0.2, 0) is 41.6 Å². The molecule has 6 rings (SSSR count). The Labute approximate surface area is 311 Å². The van der Waals surface area contributed by atoms with E-state index in [0.29, 0.717) is 44.3 Å². The topological polar surface area (TPSA) is 257 Å². The minimum atomic E-state index is -1.23. The fourth-order valence-corrected chi connectivity index (χ4v) is 7.22. The average Bonchev–Trinajstić information content (AvgIpc) is 3.79. The number of aliphatic imine (C=N–C) groups is 1. The van der Waals surface area contributed by atoms with Gasteiger partial charge in [-0.1, -0.05) is 30.3 Å². The number of aromatic nitrogens is 1. The molecule has 2 aromatic carbocycles. The highest BCUT2D eigenvalue weighted by atomic mass is 16.3. The number of guanidine groups is 1. The molecule has 3 aliphatic heterocycles. The second-order valence-corrected chi connectivity index (χ2v) is 13.9. The molecule has 5 atom stereocenters. The molecule has 0 radical (unpaired) electrons. The van der Waals surface area contributed by atoms with Crippen molar-refractivity contribution >= 4 is 52.3 Å². The van der Waals surface area contributed by atoms with E-state index in [4.69, 9.17) is 11.5 Å². The van der Waals surface area contributed by atoms with Crippen LogP contribution in [0.3, 0.4) is 0 Å². The number of hydrogen-bond donors (Lipinski definition) is 8. The zero-order valence-electron chi connectivity index (χ0n) is 29.8. The number of rotatable bonds is 8. The number of amides is 6. The highest BCUT2D eigenvalue weighted by molar-refractivity contribution is 5.98. The quantitative estimate of drug-likeness (QED) is 0.0790. The van der Waals surface area contributed by atoms with Gasteiger partial charge in [0.2, 0.25) is 35.4 Å². The number of nitrogens with zero attached hydrogens (tertiary/aromatic N) is 3. The van der Waals surface area contributed by atoms with Crippen LogP contribution in [0.1, 0.15) is 43.2 Å². The van der Waals surface area contributed by atoms with E-state index in [9.17, 15) is 33.9 Å². The number of phenolic OH excluding ortho intramolecular Hbond substituents is 1. The molecule has 0 bridgehead atoms. The molecule has 0 spiro atoms. The van der Waals surface area contributed by atoms with Gasteiger partial charge in [0.15, 0.2) is 5.96 Å². The number of aromatic hydroxyl groups is 1. The van der Waals surface area contributed by atoms with Gasteiger partial charge in [0, 0.05) is 49.6 Å². The normalized spacial score (nSPS) is 24.3. The van der Waals surface area contributed by atoms with Crippen LogP contribution in [0.2, 0.25) is 0 Å². The Hall–Kier alpha value is -6.13. The van der Waals surface area contributed by atoms with Crippen LogP contribution < -0.4 is 32.7 Å². The fraction of sp³-hybridized carbons (Fsp3) is 0.432. The molecule has 286 valence electrons. The Morgan fingerprint density at radius 2 is 1.48 bits per heavy atom. The summed E-state index contributed by atoms with van der Waals surface area (Å²) < 4.78 is 0. The van der Waals surface area contributed by atoms with Crippen molar-refractivity contribution in [2.45, 2.75) is 75.2 Å². The molecule has 0 saturated carbocycles. The number of nitrogens with two attached hydrogens (primary N) is 2. The number of carbonyl (C=O) groups is 6. The molecule has 54 heavy (non-hydrogen) atoms. The molecule has 0 aliphatic carbocycles. The first-order chi connectivity index (χ1) is 26.0. The van der Waals surface area contributed by atoms with Crippen molar-refractivity contribution in [2.75, 3.05) is 26.2 Å². The van der Waals surface area contributed by atoms with Crippen LogP contribution in [0.4, 0.5) is 0 Å². The maximum Gasteiger partial charge on any atom is 0.246 e. The van der Waals surface area contributed by atoms with Crippen LogP contribution in [0.15, 0.2) is 59.7 Å². The van der Waals surface area contributed by atoms with E-state index in [1.165, 1.54) is 21.9 Å². The predicted octanol–water partition coefficient (Wildman–Crippen LogP) is -1.11. The molecule has 4 heterocycles. The Bertz CT molecular complexity index is 1920. The van der Waals surface area contributed by atoms with Crippen molar-refractivity contribution in [1.82, 2.24) is 36.1 Å². The summed E-state index contributed by atoms with van der Waals surface area (Å²) in [6, 6.07) is 8.39. The van der Waals surface area contributed by atoms with Gasteiger partial charge in [0.1, 0.15) is 36.0 Å². The molecular weight excluding hydrogens is 696 g/mol. The summed E-state index contributed by atoms with van der Waals surface area (Å²) in [7, 11) is 0. The minimum absolute atomic E-state index is 0.000666. The van der Waals surface area contributed by atoms with Crippen LogP contribution in [-0.4, -0.2) is 118 Å². The van der Waals surface area contributed by atoms with Crippen LogP contribution in [0.5, 0.6) is 5.75 Å². The lowest BCUT2D eigenvalue weighted by molar-refractivity contribution is -0.154. The average molecular weight is 743 g/mol. The van der Waals surface area contributed by atoms with Crippen molar-refractivity contribution in [3.8, 4) is 5.75 Å². The van der Waals surface area contributed by atoms with E-state index in [1.807, 2.05) is 24.3 Å². The Morgan fingerprint density at radius 1 is 0.778 bits per heavy atom. The first-order valence-electron chi connectivity index (χ1n) is 18.2. The highest BCUT2D eigenvalue weighted by Gasteiger charge is 2.45. The molecule has 17 nitrogen and oxygen atoms in total. The number of para-hydroxylation sites is 1. The number of fused-ring (bicyclic) bond motifs is 3. The van der Waals surface area contributed by atoms with E-state index in [1.54, 1.807) is 18.3 Å². The third-order valence-corrected chi connectivity index (χ3v) is 10.2. The molecular formula is C37H46N10O7. The van der Waals surface area contributed by atoms with Gasteiger partial charge in [0.25, 0.3) is 0 Å². The van der Waals surface area contributed by atoms with E-state index in [0.717, 1.165) is 16.5 Å². The van der Waals surface area contributed by atoms with Gasteiger partial charge >= 0.3 is 0 Å². The number of H-pyrrole nitrogens is 1. The summed E-state index contributed by atoms with van der Waals surface area (Å²) in [6.07, 6.45) is 3.47. The second kappa shape index (κ2) is 16.7. The Balaban J connectivity index is 1.34. The van der Waals surface area contributed by atoms with E-state index in [-0.39, 0.29) is 43.4 Å². The first kappa shape index (κ1) is 37.6. The zero-order valence-corrected chi connectivity index (χ0v) is 29.8. The minimum Gasteiger partial charge on any atom is -0.508 e. The van der Waals surface area contributed by atoms with Crippen molar-refractivity contribution in [3.05, 3.63) is 65.9 Å². The van der Waals surface area contributed by atoms with Gasteiger partial charge in [-0.05, 0) is 61.4 Å². The highest BCUT2D eigenvalue weighted by Crippen LogP contribution is 2.26. The predicted molar refractivity (Wildman–Crippen MR) is 197 cm³/mol. The van der Waals surface area contributed by atoms with E-state index in [2.05, 4.69) is 31.2 Å². The van der Waals surface area contributed by atoms with Crippen LogP contribution >= 0.6 is 0 Å². The Morgan fingerprint density at radius 3 is 2.20 bits per heavy atom. The third kappa shape index (κ3) is 8.73. The number of aromatic amines is 1. The van der Waals surface area contributed by atoms with Gasteiger partial charge in [-0.15, -0.1) is 0 Å². The monoisotopic (exact) mass is 742 g/mol. The van der Waals surface area contributed by atoms with Crippen molar-refractivity contribution in [2.24, 2.45) is 16.5 Å². The largest absolute Gasteiger partial charge is 0.508 e. The van der Waals surface area contributed by atoms with Crippen molar-refractivity contribution < 1.29 is 33.9 Å². The standard InChI is InChI=1S/C37H46N10O7/c38-37(39)40-14-3-7-26-32(50)42-20-31(49)46-15-4-8-30(46)36(54)47-16-13-29(47)35(53)45-27(17-21-9-11-23(48)12-10-21)33(51)44-28(34(52)43-26)18-22-19-41-25-6-2-1-5-24(22)25/h1-2,5-6,9-12,19,26-30,41,48H,3-4,7-8,13-18,20H2,(H,42,50)(H,43,52)(H,44,51)(H,45,53)(H4,38,39,40)/t26-,27-,28-,29-,30+/m0/s1. The van der Waals surface area contributed by atoms with Gasteiger partial charge in [0.05, 0.1) is 6.54 Å². The van der Waals surface area contributed by atoms with Gasteiger partial charge < -0.3 is 52.6 Å². The zero-order chi connectivity index (χ0) is 38.4. The van der Waals surface area contributed by atoms with Crippen molar-refractivity contribution in [3.63, 3.8) is 0 Å². The molecule has 1 aromatic heterocycles. The van der Waals surface area contributed by atoms with Crippen molar-refractivity contribution in [1.29, 1.82) is 0 Å². The second-order valence-electron chi connectivity index (χ2n) is 13.9. The maximum absolute atomic E-state index is 14.2. The number of hydrogen-bond acceptors (Lipinski definition) is 8. The van der Waals surface area contributed by atoms with Gasteiger partial charge in [-0.3, -0.25) is 33.8 Å². The van der Waals surface area contributed by atoms with Crippen LogP contribution in [0.25, 0.3) is 10.9 Å². The summed E-state index contributed by atoms with van der Waals surface area (Å²) >= 11 is 0. The number of carbonyl (C=O) groups excluding carboxylic acids is 6. The summed E-state index contributed by atoms with van der Waals surface area (Å²) in [5.41, 5.74) is 13.1. The lowest BCUT2D eigenvalue weighted by Gasteiger charge is -2.42. The summed E-state index contributed by atoms with van der Waals surface area (Å²) in [6.45, 7) is 0.361. The first-order valence-corrected chi connectivity index (χ1v) is 18.2. The summed E-state index contributed by atoms with van der Waals surface area (Å²) in [4.78, 5) is 93.1. The molecule has 6 amide bonds. The molecule has 10 N–H and O–H groups in total. The lowest BCUT2D eigenvalue weighted by Crippen LogP contribution is -2.65. The molecule has 0 unspecified atom stereocenters. The SMILES string of the molecule is NC(N)=NCCC[C@@H]1NC(=O)[C@H](Cc2c[nH]c3ccccc23)NC(=O)[C@H](Cc2ccc(O)cc2)NC(=O)[C@@H]2CCN2C(=O)[C@H]2CCCN2C(=O)CNC1=O.